The highest BCUT2D eigenvalue weighted by Crippen LogP contribution is 2.22. The number of rotatable bonds is 2. The molecule has 0 radical (unpaired) electrons. The van der Waals surface area contributed by atoms with Crippen molar-refractivity contribution < 1.29 is 9.53 Å². The first kappa shape index (κ1) is 8.31. The highest BCUT2D eigenvalue weighted by molar-refractivity contribution is 5.73. The van der Waals surface area contributed by atoms with E-state index in [1.807, 2.05) is 6.92 Å². The summed E-state index contributed by atoms with van der Waals surface area (Å²) < 4.78 is 5.08. The third-order valence-corrected chi connectivity index (χ3v) is 2.16. The van der Waals surface area contributed by atoms with E-state index in [-0.39, 0.29) is 18.0 Å². The molecule has 0 bridgehead atoms. The zero-order chi connectivity index (χ0) is 8.27. The molecule has 62 valence electrons. The van der Waals surface area contributed by atoms with Gasteiger partial charge < -0.3 is 4.74 Å². The van der Waals surface area contributed by atoms with Gasteiger partial charge in [0.15, 0.2) is 0 Å². The number of hydrogen-bond acceptors (Lipinski definition) is 2. The van der Waals surface area contributed by atoms with Crippen LogP contribution >= 0.6 is 0 Å². The lowest BCUT2D eigenvalue weighted by Gasteiger charge is -2.25. The first-order valence-corrected chi connectivity index (χ1v) is 4.11. The summed E-state index contributed by atoms with van der Waals surface area (Å²) >= 11 is 0. The zero-order valence-electron chi connectivity index (χ0n) is 6.88. The molecule has 0 aromatic rings. The molecule has 2 heteroatoms. The van der Waals surface area contributed by atoms with Crippen LogP contribution in [0.15, 0.2) is 12.7 Å². The summed E-state index contributed by atoms with van der Waals surface area (Å²) in [5.41, 5.74) is 0. The molecule has 0 amide bonds. The van der Waals surface area contributed by atoms with E-state index < -0.39 is 0 Å². The Labute approximate surface area is 67.2 Å². The fourth-order valence-corrected chi connectivity index (χ4v) is 1.32. The summed E-state index contributed by atoms with van der Waals surface area (Å²) in [4.78, 5) is 11.1. The lowest BCUT2D eigenvalue weighted by atomic mass is 9.95. The maximum absolute atomic E-state index is 11.1. The Balaban J connectivity index is 2.47. The van der Waals surface area contributed by atoms with Crippen LogP contribution in [0.4, 0.5) is 0 Å². The second-order valence-corrected chi connectivity index (χ2v) is 2.89. The third-order valence-electron chi connectivity index (χ3n) is 2.16. The smallest absolute Gasteiger partial charge is 0.309 e. The number of hydrogen-bond donors (Lipinski definition) is 0. The van der Waals surface area contributed by atoms with Crippen molar-refractivity contribution in [3.8, 4) is 0 Å². The summed E-state index contributed by atoms with van der Waals surface area (Å²) in [7, 11) is 0. The first-order chi connectivity index (χ1) is 5.27. The normalized spacial score (nSPS) is 31.2. The van der Waals surface area contributed by atoms with Gasteiger partial charge in [-0.15, -0.1) is 0 Å². The molecule has 1 fully saturated rings. The van der Waals surface area contributed by atoms with E-state index >= 15 is 0 Å². The van der Waals surface area contributed by atoms with Gasteiger partial charge in [0.1, 0.15) is 6.10 Å². The number of carbonyl (C=O) groups is 1. The fraction of sp³-hybridized carbons (Fsp3) is 0.667. The molecule has 0 aromatic carbocycles. The summed E-state index contributed by atoms with van der Waals surface area (Å²) in [5.74, 6) is 0.0786. The summed E-state index contributed by atoms with van der Waals surface area (Å²) in [6.45, 7) is 5.61. The fourth-order valence-electron chi connectivity index (χ4n) is 1.32. The number of esters is 1. The van der Waals surface area contributed by atoms with E-state index in [0.29, 0.717) is 0 Å². The van der Waals surface area contributed by atoms with Gasteiger partial charge in [-0.05, 0) is 19.3 Å². The quantitative estimate of drug-likeness (QED) is 0.448. The van der Waals surface area contributed by atoms with Crippen molar-refractivity contribution in [1.29, 1.82) is 0 Å². The summed E-state index contributed by atoms with van der Waals surface area (Å²) in [5, 5.41) is 0. The maximum atomic E-state index is 11.1. The van der Waals surface area contributed by atoms with Crippen LogP contribution in [0.3, 0.4) is 0 Å². The SMILES string of the molecule is C=CC1CCC(CC)C(=O)O1. The standard InChI is InChI=1S/C9H14O2/c1-3-7-5-6-8(4-2)11-9(7)10/h4,7-8H,2-3,5-6H2,1H3. The van der Waals surface area contributed by atoms with E-state index in [1.54, 1.807) is 6.08 Å². The molecule has 2 unspecified atom stereocenters. The Morgan fingerprint density at radius 3 is 2.91 bits per heavy atom. The van der Waals surface area contributed by atoms with E-state index in [2.05, 4.69) is 6.58 Å². The van der Waals surface area contributed by atoms with Crippen LogP contribution in [0.25, 0.3) is 0 Å². The van der Waals surface area contributed by atoms with Gasteiger partial charge in [-0.3, -0.25) is 4.79 Å². The molecule has 1 aliphatic rings. The zero-order valence-corrected chi connectivity index (χ0v) is 6.88. The molecule has 0 saturated carbocycles. The van der Waals surface area contributed by atoms with Gasteiger partial charge in [0, 0.05) is 0 Å². The first-order valence-electron chi connectivity index (χ1n) is 4.11. The molecular weight excluding hydrogens is 140 g/mol. The molecule has 2 atom stereocenters. The van der Waals surface area contributed by atoms with E-state index in [4.69, 9.17) is 4.74 Å². The van der Waals surface area contributed by atoms with Crippen LogP contribution in [-0.4, -0.2) is 12.1 Å². The Morgan fingerprint density at radius 1 is 1.73 bits per heavy atom. The molecule has 1 saturated heterocycles. The minimum Gasteiger partial charge on any atom is -0.458 e. The second kappa shape index (κ2) is 3.56. The summed E-state index contributed by atoms with van der Waals surface area (Å²) in [6.07, 6.45) is 4.44. The topological polar surface area (TPSA) is 26.3 Å². The van der Waals surface area contributed by atoms with Crippen LogP contribution in [0.1, 0.15) is 26.2 Å². The second-order valence-electron chi connectivity index (χ2n) is 2.89. The molecule has 0 N–H and O–H groups in total. The van der Waals surface area contributed by atoms with E-state index in [9.17, 15) is 4.79 Å². The van der Waals surface area contributed by atoms with Crippen LogP contribution in [0.2, 0.25) is 0 Å². The van der Waals surface area contributed by atoms with Gasteiger partial charge in [0.25, 0.3) is 0 Å². The number of ether oxygens (including phenoxy) is 1. The molecule has 0 aromatic heterocycles. The average molecular weight is 154 g/mol. The van der Waals surface area contributed by atoms with Crippen molar-refractivity contribution >= 4 is 5.97 Å². The van der Waals surface area contributed by atoms with E-state index in [1.165, 1.54) is 0 Å². The molecule has 0 aliphatic carbocycles. The van der Waals surface area contributed by atoms with Crippen LogP contribution in [0.5, 0.6) is 0 Å². The van der Waals surface area contributed by atoms with Gasteiger partial charge in [-0.2, -0.15) is 0 Å². The van der Waals surface area contributed by atoms with Gasteiger partial charge in [-0.25, -0.2) is 0 Å². The van der Waals surface area contributed by atoms with Crippen LogP contribution in [0, 0.1) is 5.92 Å². The Kier molecular flexibility index (Phi) is 2.69. The molecule has 1 rings (SSSR count). The largest absolute Gasteiger partial charge is 0.458 e. The van der Waals surface area contributed by atoms with Gasteiger partial charge >= 0.3 is 5.97 Å². The molecule has 1 heterocycles. The molecule has 11 heavy (non-hydrogen) atoms. The van der Waals surface area contributed by atoms with Crippen molar-refractivity contribution in [3.05, 3.63) is 12.7 Å². The molecule has 2 nitrogen and oxygen atoms in total. The van der Waals surface area contributed by atoms with Gasteiger partial charge in [0.2, 0.25) is 0 Å². The molecular formula is C9H14O2. The van der Waals surface area contributed by atoms with Crippen molar-refractivity contribution in [2.45, 2.75) is 32.3 Å². The average Bonchev–Trinajstić information content (AvgIpc) is 2.04. The van der Waals surface area contributed by atoms with Crippen molar-refractivity contribution in [1.82, 2.24) is 0 Å². The highest BCUT2D eigenvalue weighted by atomic mass is 16.5. The third kappa shape index (κ3) is 1.82. The Hall–Kier alpha value is -0.790. The monoisotopic (exact) mass is 154 g/mol. The lowest BCUT2D eigenvalue weighted by molar-refractivity contribution is -0.157. The molecule has 1 aliphatic heterocycles. The van der Waals surface area contributed by atoms with Gasteiger partial charge in [0.05, 0.1) is 5.92 Å². The lowest BCUT2D eigenvalue weighted by Crippen LogP contribution is -2.29. The maximum Gasteiger partial charge on any atom is 0.309 e. The van der Waals surface area contributed by atoms with Crippen LogP contribution in [-0.2, 0) is 9.53 Å². The van der Waals surface area contributed by atoms with Crippen molar-refractivity contribution in [2.75, 3.05) is 0 Å². The van der Waals surface area contributed by atoms with Gasteiger partial charge in [-0.1, -0.05) is 19.6 Å². The highest BCUT2D eigenvalue weighted by Gasteiger charge is 2.26. The van der Waals surface area contributed by atoms with Crippen molar-refractivity contribution in [2.24, 2.45) is 5.92 Å². The minimum atomic E-state index is -0.0522. The number of carbonyl (C=O) groups excluding carboxylic acids is 1. The summed E-state index contributed by atoms with van der Waals surface area (Å²) in [6, 6.07) is 0. The minimum absolute atomic E-state index is 0.0368. The Bertz CT molecular complexity index is 163. The van der Waals surface area contributed by atoms with Crippen molar-refractivity contribution in [3.63, 3.8) is 0 Å². The predicted molar refractivity (Wildman–Crippen MR) is 43.1 cm³/mol. The number of cyclic esters (lactones) is 1. The molecule has 0 spiro atoms. The Morgan fingerprint density at radius 2 is 2.45 bits per heavy atom. The predicted octanol–water partition coefficient (Wildman–Crippen LogP) is 1.90. The van der Waals surface area contributed by atoms with E-state index in [0.717, 1.165) is 19.3 Å². The van der Waals surface area contributed by atoms with Crippen LogP contribution < -0.4 is 0 Å².